The van der Waals surface area contributed by atoms with E-state index in [0.717, 1.165) is 44.5 Å². The van der Waals surface area contributed by atoms with Crippen LogP contribution in [-0.2, 0) is 6.42 Å². The minimum absolute atomic E-state index is 0.198. The number of nitrogens with one attached hydrogen (secondary N) is 1. The Balaban J connectivity index is 1.82. The van der Waals surface area contributed by atoms with Crippen LogP contribution in [0.25, 0.3) is 0 Å². The van der Waals surface area contributed by atoms with Crippen LogP contribution < -0.4 is 10.2 Å². The van der Waals surface area contributed by atoms with Crippen LogP contribution in [0.15, 0.2) is 18.2 Å². The van der Waals surface area contributed by atoms with Gasteiger partial charge in [0.15, 0.2) is 0 Å². The van der Waals surface area contributed by atoms with Gasteiger partial charge >= 0.3 is 0 Å². The van der Waals surface area contributed by atoms with E-state index in [2.05, 4.69) is 23.2 Å². The first kappa shape index (κ1) is 14.3. The van der Waals surface area contributed by atoms with Gasteiger partial charge in [0, 0.05) is 18.8 Å². The Morgan fingerprint density at radius 3 is 2.95 bits per heavy atom. The Morgan fingerprint density at radius 2 is 2.29 bits per heavy atom. The normalized spacial score (nSPS) is 20.0. The standard InChI is InChI=1S/C17H22FN3/c1-2-8-20-17(11-19,14-4-5-14)12-21-9-7-13-3-6-15(18)10-16(13)21/h3,6,10,14,20H,2,4-5,7-9,12H2,1H3. The van der Waals surface area contributed by atoms with Crippen molar-refractivity contribution in [2.45, 2.75) is 38.1 Å². The molecule has 1 unspecified atom stereocenters. The fraction of sp³-hybridized carbons (Fsp3) is 0.588. The van der Waals surface area contributed by atoms with Gasteiger partial charge in [-0.05, 0) is 55.8 Å². The van der Waals surface area contributed by atoms with Crippen molar-refractivity contribution < 1.29 is 4.39 Å². The quantitative estimate of drug-likeness (QED) is 0.874. The Hall–Kier alpha value is -1.60. The lowest BCUT2D eigenvalue weighted by Crippen LogP contribution is -2.54. The van der Waals surface area contributed by atoms with E-state index in [-0.39, 0.29) is 5.82 Å². The molecule has 0 spiro atoms. The van der Waals surface area contributed by atoms with Gasteiger partial charge in [-0.3, -0.25) is 5.32 Å². The zero-order valence-corrected chi connectivity index (χ0v) is 12.5. The number of nitriles is 1. The van der Waals surface area contributed by atoms with Crippen LogP contribution in [0.5, 0.6) is 0 Å². The smallest absolute Gasteiger partial charge is 0.127 e. The molecule has 1 fully saturated rings. The zero-order valence-electron chi connectivity index (χ0n) is 12.5. The average Bonchev–Trinajstić information content (AvgIpc) is 3.28. The van der Waals surface area contributed by atoms with Gasteiger partial charge in [-0.25, -0.2) is 4.39 Å². The van der Waals surface area contributed by atoms with Crippen molar-refractivity contribution in [1.82, 2.24) is 5.32 Å². The summed E-state index contributed by atoms with van der Waals surface area (Å²) in [6, 6.07) is 7.54. The highest BCUT2D eigenvalue weighted by atomic mass is 19.1. The predicted molar refractivity (Wildman–Crippen MR) is 81.7 cm³/mol. The molecular formula is C17H22FN3. The zero-order chi connectivity index (χ0) is 14.9. The molecule has 1 atom stereocenters. The minimum Gasteiger partial charge on any atom is -0.368 e. The van der Waals surface area contributed by atoms with Crippen LogP contribution in [0.1, 0.15) is 31.7 Å². The van der Waals surface area contributed by atoms with Crippen LogP contribution in [-0.4, -0.2) is 25.2 Å². The van der Waals surface area contributed by atoms with E-state index in [4.69, 9.17) is 0 Å². The van der Waals surface area contributed by atoms with Crippen LogP contribution in [0.3, 0.4) is 0 Å². The average molecular weight is 287 g/mol. The summed E-state index contributed by atoms with van der Waals surface area (Å²) in [6.07, 6.45) is 4.19. The lowest BCUT2D eigenvalue weighted by Gasteiger charge is -2.34. The first-order valence-electron chi connectivity index (χ1n) is 7.88. The Bertz CT molecular complexity index is 562. The molecule has 1 aliphatic heterocycles. The van der Waals surface area contributed by atoms with E-state index in [1.807, 2.05) is 6.07 Å². The Labute approximate surface area is 125 Å². The first-order chi connectivity index (χ1) is 10.2. The van der Waals surface area contributed by atoms with E-state index < -0.39 is 5.54 Å². The molecule has 4 heteroatoms. The van der Waals surface area contributed by atoms with Crippen molar-refractivity contribution in [2.24, 2.45) is 5.92 Å². The van der Waals surface area contributed by atoms with Gasteiger partial charge in [0.05, 0.1) is 6.07 Å². The van der Waals surface area contributed by atoms with E-state index in [1.165, 1.54) is 11.6 Å². The van der Waals surface area contributed by atoms with Crippen molar-refractivity contribution in [3.8, 4) is 6.07 Å². The van der Waals surface area contributed by atoms with Gasteiger partial charge in [-0.2, -0.15) is 5.26 Å². The molecule has 3 rings (SSSR count). The predicted octanol–water partition coefficient (Wildman–Crippen LogP) is 2.86. The van der Waals surface area contributed by atoms with Crippen LogP contribution in [0, 0.1) is 23.1 Å². The van der Waals surface area contributed by atoms with Gasteiger partial charge in [-0.1, -0.05) is 13.0 Å². The number of rotatable bonds is 6. The van der Waals surface area contributed by atoms with Gasteiger partial charge < -0.3 is 4.90 Å². The Morgan fingerprint density at radius 1 is 1.48 bits per heavy atom. The van der Waals surface area contributed by atoms with E-state index in [0.29, 0.717) is 12.5 Å². The number of hydrogen-bond acceptors (Lipinski definition) is 3. The number of hydrogen-bond donors (Lipinski definition) is 1. The summed E-state index contributed by atoms with van der Waals surface area (Å²) >= 11 is 0. The molecule has 1 saturated carbocycles. The summed E-state index contributed by atoms with van der Waals surface area (Å²) < 4.78 is 13.5. The molecule has 1 N–H and O–H groups in total. The summed E-state index contributed by atoms with van der Waals surface area (Å²) in [7, 11) is 0. The molecule has 112 valence electrons. The highest BCUT2D eigenvalue weighted by Crippen LogP contribution is 2.41. The van der Waals surface area contributed by atoms with Crippen molar-refractivity contribution >= 4 is 5.69 Å². The van der Waals surface area contributed by atoms with Crippen molar-refractivity contribution in [1.29, 1.82) is 5.26 Å². The molecule has 2 aliphatic rings. The van der Waals surface area contributed by atoms with Crippen molar-refractivity contribution in [2.75, 3.05) is 24.5 Å². The van der Waals surface area contributed by atoms with Gasteiger partial charge in [0.1, 0.15) is 11.4 Å². The maximum Gasteiger partial charge on any atom is 0.127 e. The highest BCUT2D eigenvalue weighted by Gasteiger charge is 2.47. The van der Waals surface area contributed by atoms with E-state index in [9.17, 15) is 9.65 Å². The number of anilines is 1. The second-order valence-electron chi connectivity index (χ2n) is 6.23. The van der Waals surface area contributed by atoms with Gasteiger partial charge in [0.25, 0.3) is 0 Å². The van der Waals surface area contributed by atoms with Gasteiger partial charge in [-0.15, -0.1) is 0 Å². The SMILES string of the molecule is CCCNC(C#N)(CN1CCc2ccc(F)cc21)C1CC1. The molecule has 0 aromatic heterocycles. The van der Waals surface area contributed by atoms with Crippen molar-refractivity contribution in [3.63, 3.8) is 0 Å². The molecule has 0 amide bonds. The number of nitrogens with zero attached hydrogens (tertiary/aromatic N) is 2. The minimum atomic E-state index is -0.482. The maximum absolute atomic E-state index is 13.5. The topological polar surface area (TPSA) is 39.1 Å². The third kappa shape index (κ3) is 2.75. The van der Waals surface area contributed by atoms with E-state index >= 15 is 0 Å². The first-order valence-corrected chi connectivity index (χ1v) is 7.88. The molecule has 0 saturated heterocycles. The lowest BCUT2D eigenvalue weighted by atomic mass is 9.93. The van der Waals surface area contributed by atoms with Crippen LogP contribution in [0.4, 0.5) is 10.1 Å². The van der Waals surface area contributed by atoms with E-state index in [1.54, 1.807) is 6.07 Å². The summed E-state index contributed by atoms with van der Waals surface area (Å²) in [5.41, 5.74) is 1.67. The summed E-state index contributed by atoms with van der Waals surface area (Å²) in [6.45, 7) is 4.50. The summed E-state index contributed by atoms with van der Waals surface area (Å²) in [4.78, 5) is 2.18. The number of benzene rings is 1. The van der Waals surface area contributed by atoms with Crippen LogP contribution in [0.2, 0.25) is 0 Å². The maximum atomic E-state index is 13.5. The number of fused-ring (bicyclic) bond motifs is 1. The third-order valence-electron chi connectivity index (χ3n) is 4.64. The number of halogens is 1. The summed E-state index contributed by atoms with van der Waals surface area (Å²) in [5, 5.41) is 13.2. The largest absolute Gasteiger partial charge is 0.368 e. The molecule has 1 aliphatic carbocycles. The van der Waals surface area contributed by atoms with Crippen molar-refractivity contribution in [3.05, 3.63) is 29.6 Å². The molecule has 1 heterocycles. The second-order valence-corrected chi connectivity index (χ2v) is 6.23. The molecule has 1 aromatic carbocycles. The summed E-state index contributed by atoms with van der Waals surface area (Å²) in [5.74, 6) is 0.239. The second kappa shape index (κ2) is 5.65. The lowest BCUT2D eigenvalue weighted by molar-refractivity contribution is 0.366. The fourth-order valence-corrected chi connectivity index (χ4v) is 3.30. The molecule has 0 radical (unpaired) electrons. The monoisotopic (exact) mass is 287 g/mol. The molecule has 0 bridgehead atoms. The fourth-order valence-electron chi connectivity index (χ4n) is 3.30. The third-order valence-corrected chi connectivity index (χ3v) is 4.64. The molecule has 1 aromatic rings. The van der Waals surface area contributed by atoms with Crippen LogP contribution >= 0.6 is 0 Å². The molecule has 21 heavy (non-hydrogen) atoms. The molecular weight excluding hydrogens is 265 g/mol. The highest BCUT2D eigenvalue weighted by molar-refractivity contribution is 5.58. The van der Waals surface area contributed by atoms with Gasteiger partial charge in [0.2, 0.25) is 0 Å². The molecule has 3 nitrogen and oxygen atoms in total. The Kier molecular flexibility index (Phi) is 3.86.